The Kier molecular flexibility index (Phi) is 3.61. The molecule has 1 rings (SSSR count). The maximum Gasteiger partial charge on any atom is 0.128 e. The van der Waals surface area contributed by atoms with Crippen LogP contribution in [0.2, 0.25) is 0 Å². The van der Waals surface area contributed by atoms with E-state index >= 15 is 0 Å². The lowest BCUT2D eigenvalue weighted by molar-refractivity contribution is 0.509. The average molecular weight is 196 g/mol. The largest absolute Gasteiger partial charge is 0.326 e. The zero-order valence-electron chi connectivity index (χ0n) is 8.63. The van der Waals surface area contributed by atoms with Gasteiger partial charge in [-0.05, 0) is 17.5 Å². The third-order valence-corrected chi connectivity index (χ3v) is 2.40. The molecule has 1 aromatic carbocycles. The van der Waals surface area contributed by atoms with Gasteiger partial charge in [0.15, 0.2) is 0 Å². The van der Waals surface area contributed by atoms with Crippen molar-refractivity contribution >= 4 is 0 Å². The number of benzene rings is 1. The maximum atomic E-state index is 13.3. The number of nitrogens with two attached hydrogens (primary N) is 2. The molecule has 0 aliphatic rings. The van der Waals surface area contributed by atoms with Gasteiger partial charge in [0.25, 0.3) is 0 Å². The first-order valence-corrected chi connectivity index (χ1v) is 4.80. The monoisotopic (exact) mass is 196 g/mol. The Bertz CT molecular complexity index is 310. The van der Waals surface area contributed by atoms with E-state index in [-0.39, 0.29) is 18.4 Å². The van der Waals surface area contributed by atoms with Crippen molar-refractivity contribution in [3.05, 3.63) is 35.1 Å². The summed E-state index contributed by atoms with van der Waals surface area (Å²) in [4.78, 5) is 0. The summed E-state index contributed by atoms with van der Waals surface area (Å²) in [7, 11) is 0. The van der Waals surface area contributed by atoms with Crippen molar-refractivity contribution in [1.82, 2.24) is 0 Å². The lowest BCUT2D eigenvalue weighted by Gasteiger charge is -2.16. The van der Waals surface area contributed by atoms with Gasteiger partial charge in [-0.2, -0.15) is 0 Å². The molecular weight excluding hydrogens is 179 g/mol. The van der Waals surface area contributed by atoms with Crippen LogP contribution in [0, 0.1) is 11.7 Å². The molecule has 0 fully saturated rings. The Morgan fingerprint density at radius 3 is 2.43 bits per heavy atom. The fourth-order valence-corrected chi connectivity index (χ4v) is 1.32. The molecule has 3 heteroatoms. The number of halogens is 1. The van der Waals surface area contributed by atoms with Crippen LogP contribution in [0.15, 0.2) is 18.2 Å². The van der Waals surface area contributed by atoms with E-state index in [4.69, 9.17) is 11.5 Å². The van der Waals surface area contributed by atoms with Gasteiger partial charge in [0.1, 0.15) is 5.82 Å². The predicted molar refractivity (Wildman–Crippen MR) is 56.1 cm³/mol. The zero-order valence-corrected chi connectivity index (χ0v) is 8.63. The van der Waals surface area contributed by atoms with Crippen LogP contribution in [0.4, 0.5) is 4.39 Å². The smallest absolute Gasteiger partial charge is 0.128 e. The molecule has 0 bridgehead atoms. The second kappa shape index (κ2) is 4.53. The number of hydrogen-bond acceptors (Lipinski definition) is 2. The lowest BCUT2D eigenvalue weighted by Crippen LogP contribution is -2.17. The molecule has 0 heterocycles. The summed E-state index contributed by atoms with van der Waals surface area (Å²) in [6.45, 7) is 4.25. The molecule has 0 spiro atoms. The number of hydrogen-bond donors (Lipinski definition) is 2. The van der Waals surface area contributed by atoms with Crippen LogP contribution in [-0.2, 0) is 6.54 Å². The van der Waals surface area contributed by atoms with Gasteiger partial charge < -0.3 is 11.5 Å². The van der Waals surface area contributed by atoms with Gasteiger partial charge in [-0.25, -0.2) is 4.39 Å². The van der Waals surface area contributed by atoms with Gasteiger partial charge in [-0.3, -0.25) is 0 Å². The van der Waals surface area contributed by atoms with Crippen LogP contribution in [0.1, 0.15) is 31.0 Å². The first-order valence-electron chi connectivity index (χ1n) is 4.80. The first-order chi connectivity index (χ1) is 6.56. The summed E-state index contributed by atoms with van der Waals surface area (Å²) in [5.74, 6) is 0.0410. The second-order valence-electron chi connectivity index (χ2n) is 3.82. The van der Waals surface area contributed by atoms with Crippen molar-refractivity contribution in [2.24, 2.45) is 17.4 Å². The summed E-state index contributed by atoms with van der Waals surface area (Å²) in [6, 6.07) is 4.91. The molecule has 78 valence electrons. The molecule has 0 aromatic heterocycles. The highest BCUT2D eigenvalue weighted by atomic mass is 19.1. The summed E-state index contributed by atoms with van der Waals surface area (Å²) >= 11 is 0. The molecule has 14 heavy (non-hydrogen) atoms. The van der Waals surface area contributed by atoms with E-state index in [0.717, 1.165) is 5.56 Å². The summed E-state index contributed by atoms with van der Waals surface area (Å²) in [5, 5.41) is 0. The summed E-state index contributed by atoms with van der Waals surface area (Å²) in [6.07, 6.45) is 0. The Hall–Kier alpha value is -0.930. The van der Waals surface area contributed by atoms with E-state index in [1.807, 2.05) is 19.9 Å². The normalized spacial score (nSPS) is 13.3. The van der Waals surface area contributed by atoms with E-state index < -0.39 is 0 Å². The Morgan fingerprint density at radius 1 is 1.36 bits per heavy atom. The highest BCUT2D eigenvalue weighted by molar-refractivity contribution is 5.26. The van der Waals surface area contributed by atoms with Crippen molar-refractivity contribution in [3.8, 4) is 0 Å². The minimum Gasteiger partial charge on any atom is -0.326 e. The summed E-state index contributed by atoms with van der Waals surface area (Å²) in [5.41, 5.74) is 12.6. The maximum absolute atomic E-state index is 13.3. The molecular formula is C11H17FN2. The van der Waals surface area contributed by atoms with E-state index in [0.29, 0.717) is 11.5 Å². The average Bonchev–Trinajstić information content (AvgIpc) is 2.16. The van der Waals surface area contributed by atoms with E-state index in [2.05, 4.69) is 0 Å². The molecule has 0 unspecified atom stereocenters. The fourth-order valence-electron chi connectivity index (χ4n) is 1.32. The van der Waals surface area contributed by atoms with Crippen molar-refractivity contribution in [1.29, 1.82) is 0 Å². The van der Waals surface area contributed by atoms with Gasteiger partial charge in [0.2, 0.25) is 0 Å². The molecule has 0 aliphatic carbocycles. The van der Waals surface area contributed by atoms with Crippen molar-refractivity contribution in [2.75, 3.05) is 0 Å². The van der Waals surface area contributed by atoms with E-state index in [1.165, 1.54) is 6.07 Å². The van der Waals surface area contributed by atoms with Gasteiger partial charge >= 0.3 is 0 Å². The Labute approximate surface area is 84.1 Å². The van der Waals surface area contributed by atoms with E-state index in [1.54, 1.807) is 6.07 Å². The second-order valence-corrected chi connectivity index (χ2v) is 3.82. The van der Waals surface area contributed by atoms with Crippen LogP contribution in [0.25, 0.3) is 0 Å². The van der Waals surface area contributed by atoms with Gasteiger partial charge in [-0.1, -0.05) is 26.0 Å². The van der Waals surface area contributed by atoms with Crippen LogP contribution < -0.4 is 11.5 Å². The SMILES string of the molecule is CC(C)[C@@H](N)c1ccc(CN)c(F)c1. The molecule has 0 radical (unpaired) electrons. The van der Waals surface area contributed by atoms with Gasteiger partial charge in [0, 0.05) is 18.2 Å². The highest BCUT2D eigenvalue weighted by Crippen LogP contribution is 2.20. The summed E-state index contributed by atoms with van der Waals surface area (Å²) < 4.78 is 13.3. The quantitative estimate of drug-likeness (QED) is 0.776. The highest BCUT2D eigenvalue weighted by Gasteiger charge is 2.12. The molecule has 0 amide bonds. The van der Waals surface area contributed by atoms with Crippen molar-refractivity contribution < 1.29 is 4.39 Å². The minimum atomic E-state index is -0.263. The molecule has 1 atom stereocenters. The third-order valence-electron chi connectivity index (χ3n) is 2.40. The fraction of sp³-hybridized carbons (Fsp3) is 0.455. The molecule has 0 aliphatic heterocycles. The topological polar surface area (TPSA) is 52.0 Å². The Morgan fingerprint density at radius 2 is 2.00 bits per heavy atom. The van der Waals surface area contributed by atoms with Crippen LogP contribution >= 0.6 is 0 Å². The molecule has 2 nitrogen and oxygen atoms in total. The van der Waals surface area contributed by atoms with Crippen LogP contribution in [0.5, 0.6) is 0 Å². The Balaban J connectivity index is 2.96. The third kappa shape index (κ3) is 2.30. The van der Waals surface area contributed by atoms with Gasteiger partial charge in [0.05, 0.1) is 0 Å². The first kappa shape index (κ1) is 11.1. The number of rotatable bonds is 3. The van der Waals surface area contributed by atoms with E-state index in [9.17, 15) is 4.39 Å². The standard InChI is InChI=1S/C11H17FN2/c1-7(2)11(14)8-3-4-9(6-13)10(12)5-8/h3-5,7,11H,6,13-14H2,1-2H3/t11-/m1/s1. The van der Waals surface area contributed by atoms with Gasteiger partial charge in [-0.15, -0.1) is 0 Å². The molecule has 4 N–H and O–H groups in total. The molecule has 0 saturated carbocycles. The molecule has 0 saturated heterocycles. The van der Waals surface area contributed by atoms with Crippen molar-refractivity contribution in [3.63, 3.8) is 0 Å². The minimum absolute atomic E-state index is 0.115. The lowest BCUT2D eigenvalue weighted by atomic mass is 9.96. The predicted octanol–water partition coefficient (Wildman–Crippen LogP) is 1.94. The zero-order chi connectivity index (χ0) is 10.7. The van der Waals surface area contributed by atoms with Crippen molar-refractivity contribution in [2.45, 2.75) is 26.4 Å². The molecule has 1 aromatic rings. The van der Waals surface area contributed by atoms with Crippen LogP contribution in [0.3, 0.4) is 0 Å². The van der Waals surface area contributed by atoms with Crippen LogP contribution in [-0.4, -0.2) is 0 Å².